The second-order valence-electron chi connectivity index (χ2n) is 6.02. The van der Waals surface area contributed by atoms with Gasteiger partial charge in [-0.3, -0.25) is 9.59 Å². The van der Waals surface area contributed by atoms with Crippen LogP contribution in [0.2, 0.25) is 0 Å². The van der Waals surface area contributed by atoms with Gasteiger partial charge in [-0.15, -0.1) is 0 Å². The number of anilines is 1. The van der Waals surface area contributed by atoms with Gasteiger partial charge in [-0.2, -0.15) is 0 Å². The van der Waals surface area contributed by atoms with Gasteiger partial charge in [0.2, 0.25) is 11.8 Å². The van der Waals surface area contributed by atoms with Gasteiger partial charge in [0.1, 0.15) is 11.5 Å². The number of ether oxygens (including phenoxy) is 2. The van der Waals surface area contributed by atoms with Crippen molar-refractivity contribution in [2.45, 2.75) is 13.3 Å². The molecular formula is C20H24N2O4. The molecule has 0 atom stereocenters. The average Bonchev–Trinajstić information content (AvgIpc) is 2.62. The van der Waals surface area contributed by atoms with Crippen molar-refractivity contribution in [1.29, 1.82) is 0 Å². The van der Waals surface area contributed by atoms with Crippen molar-refractivity contribution in [1.82, 2.24) is 4.90 Å². The van der Waals surface area contributed by atoms with Crippen LogP contribution in [0.5, 0.6) is 11.5 Å². The summed E-state index contributed by atoms with van der Waals surface area (Å²) in [4.78, 5) is 26.0. The van der Waals surface area contributed by atoms with Crippen molar-refractivity contribution in [2.75, 3.05) is 33.1 Å². The largest absolute Gasteiger partial charge is 0.497 e. The molecule has 6 nitrogen and oxygen atoms in total. The van der Waals surface area contributed by atoms with Crippen LogP contribution in [-0.4, -0.2) is 44.5 Å². The van der Waals surface area contributed by atoms with Crippen LogP contribution < -0.4 is 14.8 Å². The first-order chi connectivity index (χ1) is 12.4. The van der Waals surface area contributed by atoms with Crippen LogP contribution in [0.3, 0.4) is 0 Å². The number of carbonyl (C=O) groups excluding carboxylic acids is 2. The van der Waals surface area contributed by atoms with Gasteiger partial charge in [0, 0.05) is 18.3 Å². The van der Waals surface area contributed by atoms with E-state index in [1.165, 1.54) is 4.90 Å². The molecule has 1 N–H and O–H groups in total. The Morgan fingerprint density at radius 1 is 1.04 bits per heavy atom. The lowest BCUT2D eigenvalue weighted by molar-refractivity contribution is -0.132. The van der Waals surface area contributed by atoms with Gasteiger partial charge in [-0.25, -0.2) is 0 Å². The van der Waals surface area contributed by atoms with E-state index < -0.39 is 0 Å². The van der Waals surface area contributed by atoms with E-state index in [1.54, 1.807) is 45.5 Å². The normalized spacial score (nSPS) is 10.2. The van der Waals surface area contributed by atoms with E-state index in [-0.39, 0.29) is 24.8 Å². The Kier molecular flexibility index (Phi) is 6.60. The molecule has 0 heterocycles. The Labute approximate surface area is 153 Å². The van der Waals surface area contributed by atoms with Gasteiger partial charge < -0.3 is 19.7 Å². The molecule has 0 bridgehead atoms. The fourth-order valence-electron chi connectivity index (χ4n) is 2.52. The van der Waals surface area contributed by atoms with E-state index in [0.29, 0.717) is 17.2 Å². The van der Waals surface area contributed by atoms with Crippen molar-refractivity contribution in [3.8, 4) is 11.5 Å². The number of carbonyl (C=O) groups is 2. The highest BCUT2D eigenvalue weighted by atomic mass is 16.5. The Bertz CT molecular complexity index is 772. The minimum Gasteiger partial charge on any atom is -0.497 e. The van der Waals surface area contributed by atoms with Crippen LogP contribution in [0.1, 0.15) is 11.1 Å². The van der Waals surface area contributed by atoms with Gasteiger partial charge in [-0.05, 0) is 37.3 Å². The zero-order valence-electron chi connectivity index (χ0n) is 15.5. The third-order valence-corrected chi connectivity index (χ3v) is 3.96. The lowest BCUT2D eigenvalue weighted by Crippen LogP contribution is -2.35. The van der Waals surface area contributed by atoms with Crippen LogP contribution in [0.25, 0.3) is 0 Å². The molecular weight excluding hydrogens is 332 g/mol. The number of rotatable bonds is 7. The van der Waals surface area contributed by atoms with Crippen molar-refractivity contribution in [3.05, 3.63) is 53.6 Å². The molecule has 26 heavy (non-hydrogen) atoms. The van der Waals surface area contributed by atoms with Crippen molar-refractivity contribution >= 4 is 17.5 Å². The fourth-order valence-corrected chi connectivity index (χ4v) is 2.52. The third kappa shape index (κ3) is 5.24. The highest BCUT2D eigenvalue weighted by Crippen LogP contribution is 2.20. The standard InChI is InChI=1S/C20H24N2O4/c1-14-5-10-18(26-4)15(11-14)12-20(24)22(2)13-19(23)21-16-6-8-17(25-3)9-7-16/h5-11H,12-13H2,1-4H3,(H,21,23). The molecule has 0 saturated heterocycles. The molecule has 0 aliphatic carbocycles. The van der Waals surface area contributed by atoms with Crippen molar-refractivity contribution in [2.24, 2.45) is 0 Å². The Morgan fingerprint density at radius 2 is 1.73 bits per heavy atom. The number of likely N-dealkylation sites (N-methyl/N-ethyl adjacent to an activating group) is 1. The molecule has 6 heteroatoms. The smallest absolute Gasteiger partial charge is 0.243 e. The summed E-state index contributed by atoms with van der Waals surface area (Å²) in [6.07, 6.45) is 0.178. The summed E-state index contributed by atoms with van der Waals surface area (Å²) in [6.45, 7) is 1.93. The summed E-state index contributed by atoms with van der Waals surface area (Å²) in [5.41, 5.74) is 2.51. The summed E-state index contributed by atoms with van der Waals surface area (Å²) < 4.78 is 10.4. The second kappa shape index (κ2) is 8.89. The van der Waals surface area contributed by atoms with Gasteiger partial charge in [0.25, 0.3) is 0 Å². The highest BCUT2D eigenvalue weighted by Gasteiger charge is 2.16. The molecule has 0 aliphatic heterocycles. The molecule has 0 fully saturated rings. The number of benzene rings is 2. The number of nitrogens with zero attached hydrogens (tertiary/aromatic N) is 1. The summed E-state index contributed by atoms with van der Waals surface area (Å²) in [5, 5.41) is 2.76. The lowest BCUT2D eigenvalue weighted by Gasteiger charge is -2.18. The predicted molar refractivity (Wildman–Crippen MR) is 101 cm³/mol. The number of hydrogen-bond acceptors (Lipinski definition) is 4. The number of hydrogen-bond donors (Lipinski definition) is 1. The van der Waals surface area contributed by atoms with E-state index in [4.69, 9.17) is 9.47 Å². The molecule has 0 aromatic heterocycles. The Hall–Kier alpha value is -3.02. The molecule has 2 amide bonds. The Balaban J connectivity index is 1.93. The van der Waals surface area contributed by atoms with Crippen LogP contribution in [0.4, 0.5) is 5.69 Å². The number of nitrogens with one attached hydrogen (secondary N) is 1. The Morgan fingerprint density at radius 3 is 2.35 bits per heavy atom. The fraction of sp³-hybridized carbons (Fsp3) is 0.300. The first-order valence-electron chi connectivity index (χ1n) is 8.24. The van der Waals surface area contributed by atoms with E-state index in [2.05, 4.69) is 5.32 Å². The molecule has 138 valence electrons. The second-order valence-corrected chi connectivity index (χ2v) is 6.02. The van der Waals surface area contributed by atoms with Gasteiger partial charge in [0.05, 0.1) is 27.2 Å². The first kappa shape index (κ1) is 19.3. The molecule has 0 unspecified atom stereocenters. The third-order valence-electron chi connectivity index (χ3n) is 3.96. The van der Waals surface area contributed by atoms with Crippen LogP contribution in [-0.2, 0) is 16.0 Å². The molecule has 2 aromatic carbocycles. The molecule has 2 rings (SSSR count). The number of aryl methyl sites for hydroxylation is 1. The summed E-state index contributed by atoms with van der Waals surface area (Å²) in [7, 11) is 4.76. The van der Waals surface area contributed by atoms with E-state index in [1.807, 2.05) is 25.1 Å². The van der Waals surface area contributed by atoms with Gasteiger partial charge in [-0.1, -0.05) is 17.7 Å². The first-order valence-corrected chi connectivity index (χ1v) is 8.24. The zero-order valence-corrected chi connectivity index (χ0v) is 15.5. The molecule has 2 aromatic rings. The van der Waals surface area contributed by atoms with E-state index in [0.717, 1.165) is 11.1 Å². The predicted octanol–water partition coefficient (Wildman–Crippen LogP) is 2.65. The van der Waals surface area contributed by atoms with Gasteiger partial charge in [0.15, 0.2) is 0 Å². The quantitative estimate of drug-likeness (QED) is 0.828. The topological polar surface area (TPSA) is 67.9 Å². The lowest BCUT2D eigenvalue weighted by atomic mass is 10.1. The van der Waals surface area contributed by atoms with Crippen molar-refractivity contribution < 1.29 is 19.1 Å². The summed E-state index contributed by atoms with van der Waals surface area (Å²) in [6, 6.07) is 12.7. The molecule has 0 spiro atoms. The maximum atomic E-state index is 12.4. The zero-order chi connectivity index (χ0) is 19.1. The summed E-state index contributed by atoms with van der Waals surface area (Å²) >= 11 is 0. The van der Waals surface area contributed by atoms with Crippen LogP contribution >= 0.6 is 0 Å². The maximum Gasteiger partial charge on any atom is 0.243 e. The minimum atomic E-state index is -0.262. The van der Waals surface area contributed by atoms with E-state index >= 15 is 0 Å². The number of amides is 2. The molecule has 0 saturated carbocycles. The van der Waals surface area contributed by atoms with E-state index in [9.17, 15) is 9.59 Å². The SMILES string of the molecule is COc1ccc(NC(=O)CN(C)C(=O)Cc2cc(C)ccc2OC)cc1. The number of methoxy groups -OCH3 is 2. The van der Waals surface area contributed by atoms with Gasteiger partial charge >= 0.3 is 0 Å². The average molecular weight is 356 g/mol. The summed E-state index contributed by atoms with van der Waals surface area (Å²) in [5.74, 6) is 0.962. The van der Waals surface area contributed by atoms with Crippen LogP contribution in [0.15, 0.2) is 42.5 Å². The van der Waals surface area contributed by atoms with Crippen molar-refractivity contribution in [3.63, 3.8) is 0 Å². The molecule has 0 radical (unpaired) electrons. The monoisotopic (exact) mass is 356 g/mol. The maximum absolute atomic E-state index is 12.4. The minimum absolute atomic E-state index is 0.0288. The molecule has 0 aliphatic rings. The highest BCUT2D eigenvalue weighted by molar-refractivity contribution is 5.94. The van der Waals surface area contributed by atoms with Crippen LogP contribution in [0, 0.1) is 6.92 Å².